The van der Waals surface area contributed by atoms with Gasteiger partial charge in [0.25, 0.3) is 0 Å². The molecule has 0 saturated carbocycles. The van der Waals surface area contributed by atoms with Crippen LogP contribution in [0.1, 0.15) is 5.69 Å². The quantitative estimate of drug-likeness (QED) is 0.601. The Kier molecular flexibility index (Phi) is 2.02. The fourth-order valence-corrected chi connectivity index (χ4v) is 1.15. The molecule has 1 aromatic heterocycles. The molecule has 0 saturated heterocycles. The highest BCUT2D eigenvalue weighted by Crippen LogP contribution is 2.15. The van der Waals surface area contributed by atoms with Crippen molar-refractivity contribution in [1.82, 2.24) is 9.97 Å². The Morgan fingerprint density at radius 1 is 1.07 bits per heavy atom. The first kappa shape index (κ1) is 8.50. The molecule has 0 aromatic carbocycles. The second-order valence-electron chi connectivity index (χ2n) is 2.75. The number of rotatable bonds is 1. The summed E-state index contributed by atoms with van der Waals surface area (Å²) in [6.07, 6.45) is 8.19. The van der Waals surface area contributed by atoms with Crippen molar-refractivity contribution < 1.29 is 9.59 Å². The smallest absolute Gasteiger partial charge is 0.188 e. The van der Waals surface area contributed by atoms with Crippen LogP contribution in [0.5, 0.6) is 0 Å². The molecule has 1 aliphatic carbocycles. The van der Waals surface area contributed by atoms with Crippen LogP contribution < -0.4 is 0 Å². The van der Waals surface area contributed by atoms with Gasteiger partial charge in [-0.05, 0) is 18.2 Å². The van der Waals surface area contributed by atoms with Gasteiger partial charge in [-0.1, -0.05) is 0 Å². The lowest BCUT2D eigenvalue weighted by Gasteiger charge is -2.04. The first-order chi connectivity index (χ1) is 6.77. The standard InChI is InChI=1S/C10H6N2O2/c13-7-1-2-10(14)8(5-7)9-6-11-3-4-12-9/h1-6H. The Morgan fingerprint density at radius 3 is 2.64 bits per heavy atom. The number of ketones is 2. The Bertz CT molecular complexity index is 446. The van der Waals surface area contributed by atoms with Crippen LogP contribution in [0.25, 0.3) is 5.57 Å². The van der Waals surface area contributed by atoms with Crippen LogP contribution >= 0.6 is 0 Å². The molecule has 0 aliphatic heterocycles. The zero-order valence-electron chi connectivity index (χ0n) is 7.18. The van der Waals surface area contributed by atoms with E-state index in [2.05, 4.69) is 9.97 Å². The molecule has 1 aromatic rings. The summed E-state index contributed by atoms with van der Waals surface area (Å²) < 4.78 is 0. The summed E-state index contributed by atoms with van der Waals surface area (Å²) in [6, 6.07) is 0. The van der Waals surface area contributed by atoms with Crippen LogP contribution in [0.15, 0.2) is 36.8 Å². The van der Waals surface area contributed by atoms with Crippen LogP contribution in [0, 0.1) is 0 Å². The van der Waals surface area contributed by atoms with E-state index in [9.17, 15) is 9.59 Å². The minimum atomic E-state index is -0.217. The van der Waals surface area contributed by atoms with E-state index >= 15 is 0 Å². The molecule has 0 bridgehead atoms. The van der Waals surface area contributed by atoms with E-state index in [0.717, 1.165) is 0 Å². The number of allylic oxidation sites excluding steroid dienone is 4. The van der Waals surface area contributed by atoms with Crippen molar-refractivity contribution in [2.24, 2.45) is 0 Å². The number of carbonyl (C=O) groups excluding carboxylic acids is 2. The van der Waals surface area contributed by atoms with E-state index in [1.54, 1.807) is 0 Å². The lowest BCUT2D eigenvalue weighted by molar-refractivity contribution is -0.113. The first-order valence-corrected chi connectivity index (χ1v) is 4.02. The molecule has 4 nitrogen and oxygen atoms in total. The third-order valence-electron chi connectivity index (χ3n) is 1.79. The van der Waals surface area contributed by atoms with Crippen LogP contribution in [0.2, 0.25) is 0 Å². The van der Waals surface area contributed by atoms with Crippen molar-refractivity contribution in [2.45, 2.75) is 0 Å². The van der Waals surface area contributed by atoms with Gasteiger partial charge < -0.3 is 0 Å². The highest BCUT2D eigenvalue weighted by Gasteiger charge is 2.15. The van der Waals surface area contributed by atoms with Gasteiger partial charge >= 0.3 is 0 Å². The SMILES string of the molecule is O=C1C=CC(=O)C(c2cnccn2)=C1. The van der Waals surface area contributed by atoms with Gasteiger partial charge in [0, 0.05) is 12.4 Å². The third kappa shape index (κ3) is 1.50. The maximum atomic E-state index is 11.4. The molecule has 14 heavy (non-hydrogen) atoms. The van der Waals surface area contributed by atoms with Crippen molar-refractivity contribution in [3.05, 3.63) is 42.5 Å². The van der Waals surface area contributed by atoms with Gasteiger partial charge in [0.15, 0.2) is 11.6 Å². The Balaban J connectivity index is 2.45. The van der Waals surface area contributed by atoms with E-state index < -0.39 is 0 Å². The van der Waals surface area contributed by atoms with Gasteiger partial charge in [0.2, 0.25) is 0 Å². The Labute approximate surface area is 80.0 Å². The highest BCUT2D eigenvalue weighted by atomic mass is 16.1. The first-order valence-electron chi connectivity index (χ1n) is 4.02. The fourth-order valence-electron chi connectivity index (χ4n) is 1.15. The van der Waals surface area contributed by atoms with E-state index in [1.807, 2.05) is 0 Å². The minimum Gasteiger partial charge on any atom is -0.290 e. The third-order valence-corrected chi connectivity index (χ3v) is 1.79. The number of hydrogen-bond donors (Lipinski definition) is 0. The predicted octanol–water partition coefficient (Wildman–Crippen LogP) is 0.568. The Morgan fingerprint density at radius 2 is 1.93 bits per heavy atom. The van der Waals surface area contributed by atoms with Crippen LogP contribution in [-0.2, 0) is 9.59 Å². The summed E-state index contributed by atoms with van der Waals surface area (Å²) in [5, 5.41) is 0. The zero-order chi connectivity index (χ0) is 9.97. The topological polar surface area (TPSA) is 59.9 Å². The lowest BCUT2D eigenvalue weighted by Crippen LogP contribution is -2.07. The number of hydrogen-bond acceptors (Lipinski definition) is 4. The monoisotopic (exact) mass is 186 g/mol. The maximum absolute atomic E-state index is 11.4. The molecule has 68 valence electrons. The lowest BCUT2D eigenvalue weighted by atomic mass is 10.0. The van der Waals surface area contributed by atoms with Gasteiger partial charge in [0.05, 0.1) is 17.5 Å². The molecule has 0 atom stereocenters. The maximum Gasteiger partial charge on any atom is 0.188 e. The number of carbonyl (C=O) groups is 2. The summed E-state index contributed by atoms with van der Waals surface area (Å²) in [5.74, 6) is -0.421. The highest BCUT2D eigenvalue weighted by molar-refractivity contribution is 6.33. The van der Waals surface area contributed by atoms with Crippen molar-refractivity contribution in [3.63, 3.8) is 0 Å². The van der Waals surface area contributed by atoms with Crippen molar-refractivity contribution >= 4 is 17.1 Å². The normalized spacial score (nSPS) is 15.6. The zero-order valence-corrected chi connectivity index (χ0v) is 7.18. The summed E-state index contributed by atoms with van der Waals surface area (Å²) in [6.45, 7) is 0. The van der Waals surface area contributed by atoms with E-state index in [0.29, 0.717) is 11.3 Å². The van der Waals surface area contributed by atoms with Crippen LogP contribution in [0.4, 0.5) is 0 Å². The molecule has 0 fully saturated rings. The van der Waals surface area contributed by atoms with E-state index in [4.69, 9.17) is 0 Å². The average Bonchev–Trinajstić information content (AvgIpc) is 2.23. The Hall–Kier alpha value is -2.10. The van der Waals surface area contributed by atoms with Crippen molar-refractivity contribution in [3.8, 4) is 0 Å². The predicted molar refractivity (Wildman–Crippen MR) is 49.2 cm³/mol. The summed E-state index contributed by atoms with van der Waals surface area (Å²) in [5.41, 5.74) is 0.723. The second-order valence-corrected chi connectivity index (χ2v) is 2.75. The molecule has 0 spiro atoms. The van der Waals surface area contributed by atoms with Gasteiger partial charge in [-0.25, -0.2) is 0 Å². The summed E-state index contributed by atoms with van der Waals surface area (Å²) in [4.78, 5) is 30.2. The molecule has 1 heterocycles. The van der Waals surface area contributed by atoms with Gasteiger partial charge in [-0.15, -0.1) is 0 Å². The fraction of sp³-hybridized carbons (Fsp3) is 0. The van der Waals surface area contributed by atoms with Gasteiger partial charge in [-0.2, -0.15) is 0 Å². The largest absolute Gasteiger partial charge is 0.290 e. The average molecular weight is 186 g/mol. The molecule has 4 heteroatoms. The minimum absolute atomic E-state index is 0.203. The molecule has 0 amide bonds. The number of aromatic nitrogens is 2. The second kappa shape index (κ2) is 3.33. The van der Waals surface area contributed by atoms with E-state index in [-0.39, 0.29) is 11.6 Å². The van der Waals surface area contributed by atoms with Gasteiger partial charge in [-0.3, -0.25) is 19.6 Å². The van der Waals surface area contributed by atoms with Gasteiger partial charge in [0.1, 0.15) is 0 Å². The van der Waals surface area contributed by atoms with Crippen LogP contribution in [-0.4, -0.2) is 21.5 Å². The summed E-state index contributed by atoms with van der Waals surface area (Å²) in [7, 11) is 0. The molecule has 0 radical (unpaired) electrons. The molecule has 0 unspecified atom stereocenters. The molecule has 0 N–H and O–H groups in total. The van der Waals surface area contributed by atoms with Crippen LogP contribution in [0.3, 0.4) is 0 Å². The van der Waals surface area contributed by atoms with E-state index in [1.165, 1.54) is 36.8 Å². The molecule has 2 rings (SSSR count). The molecular formula is C10H6N2O2. The summed E-state index contributed by atoms with van der Waals surface area (Å²) >= 11 is 0. The van der Waals surface area contributed by atoms with Crippen molar-refractivity contribution in [2.75, 3.05) is 0 Å². The van der Waals surface area contributed by atoms with Crippen molar-refractivity contribution in [1.29, 1.82) is 0 Å². The molecule has 1 aliphatic rings. The molecular weight excluding hydrogens is 180 g/mol. The number of nitrogens with zero attached hydrogens (tertiary/aromatic N) is 2.